The highest BCUT2D eigenvalue weighted by atomic mass is 31.2. The minimum absolute atomic E-state index is 0.705. The third-order valence-electron chi connectivity index (χ3n) is 7.47. The molecule has 0 saturated heterocycles. The molecule has 0 radical (unpaired) electrons. The van der Waals surface area contributed by atoms with Gasteiger partial charge in [-0.2, -0.15) is 0 Å². The van der Waals surface area contributed by atoms with Gasteiger partial charge in [-0.15, -0.1) is 0 Å². The molecule has 0 spiro atoms. The van der Waals surface area contributed by atoms with Gasteiger partial charge in [0.1, 0.15) is 34.9 Å². The lowest BCUT2D eigenvalue weighted by molar-refractivity contribution is 0.374. The summed E-state index contributed by atoms with van der Waals surface area (Å²) in [6.07, 6.45) is -6.47. The molecule has 19 heteroatoms. The van der Waals surface area contributed by atoms with Crippen LogP contribution in [0.3, 0.4) is 0 Å². The maximum Gasteiger partial charge on any atom is 0.291 e. The zero-order chi connectivity index (χ0) is 36.3. The van der Waals surface area contributed by atoms with Crippen molar-refractivity contribution in [1.29, 1.82) is 0 Å². The highest BCUT2D eigenvalue weighted by Gasteiger charge is 2.57. The normalized spacial score (nSPS) is 12.2. The van der Waals surface area contributed by atoms with E-state index in [2.05, 4.69) is 0 Å². The monoisotopic (exact) mass is 730 g/mol. The van der Waals surface area contributed by atoms with E-state index >= 15 is 26.3 Å². The van der Waals surface area contributed by atoms with Crippen LogP contribution in [0.5, 0.6) is 0 Å². The summed E-state index contributed by atoms with van der Waals surface area (Å²) in [7, 11) is -5.53. The van der Waals surface area contributed by atoms with E-state index in [9.17, 15) is 44.4 Å². The van der Waals surface area contributed by atoms with Crippen molar-refractivity contribution in [2.45, 2.75) is 0 Å². The zero-order valence-corrected chi connectivity index (χ0v) is 24.2. The third-order valence-corrected chi connectivity index (χ3v) is 10.1. The molecule has 0 heterocycles. The first-order valence-corrected chi connectivity index (χ1v) is 14.7. The molecular formula is C30H11BF15O2P. The first-order chi connectivity index (χ1) is 22.9. The van der Waals surface area contributed by atoms with E-state index < -0.39 is 128 Å². The maximum atomic E-state index is 15.9. The smallest absolute Gasteiger partial charge is 0.291 e. The lowest BCUT2D eigenvalue weighted by Gasteiger charge is -2.44. The Labute approximate surface area is 264 Å². The molecule has 2 nitrogen and oxygen atoms in total. The average Bonchev–Trinajstić information content (AvgIpc) is 3.10. The lowest BCUT2D eigenvalue weighted by Crippen LogP contribution is -2.75. The maximum absolute atomic E-state index is 15.9. The van der Waals surface area contributed by atoms with Crippen molar-refractivity contribution in [1.82, 2.24) is 0 Å². The summed E-state index contributed by atoms with van der Waals surface area (Å²) in [6, 6.07) is 10.2. The molecule has 0 aromatic heterocycles. The molecule has 5 aromatic carbocycles. The molecular weight excluding hydrogens is 719 g/mol. The van der Waals surface area contributed by atoms with Crippen LogP contribution in [0.2, 0.25) is 0 Å². The van der Waals surface area contributed by atoms with Crippen molar-refractivity contribution < 1.29 is 75.2 Å². The van der Waals surface area contributed by atoms with Gasteiger partial charge < -0.3 is 4.44 Å². The van der Waals surface area contributed by atoms with Crippen molar-refractivity contribution in [3.8, 4) is 0 Å². The van der Waals surface area contributed by atoms with Crippen LogP contribution in [0.4, 0.5) is 65.9 Å². The number of hydrogen-bond donors (Lipinski definition) is 1. The molecule has 0 fully saturated rings. The Balaban J connectivity index is 2.21. The van der Waals surface area contributed by atoms with Crippen LogP contribution in [0.25, 0.3) is 0 Å². The molecule has 0 unspecified atom stereocenters. The average molecular weight is 730 g/mol. The second kappa shape index (κ2) is 12.7. The Bertz CT molecular complexity index is 1840. The molecule has 49 heavy (non-hydrogen) atoms. The van der Waals surface area contributed by atoms with Gasteiger partial charge in [-0.25, -0.2) is 70.7 Å². The fourth-order valence-electron chi connectivity index (χ4n) is 5.29. The van der Waals surface area contributed by atoms with Gasteiger partial charge in [-0.05, 0) is 24.3 Å². The largest absolute Gasteiger partial charge is 0.396 e. The third kappa shape index (κ3) is 5.24. The van der Waals surface area contributed by atoms with Crippen molar-refractivity contribution in [2.75, 3.05) is 0 Å². The van der Waals surface area contributed by atoms with Crippen LogP contribution in [0.15, 0.2) is 60.7 Å². The van der Waals surface area contributed by atoms with Gasteiger partial charge in [0.2, 0.25) is 0 Å². The molecule has 0 atom stereocenters. The Morgan fingerprint density at radius 3 is 0.776 bits per heavy atom. The molecule has 5 aromatic rings. The highest BCUT2D eigenvalue weighted by Crippen LogP contribution is 2.56. The van der Waals surface area contributed by atoms with E-state index in [-0.39, 0.29) is 0 Å². The summed E-state index contributed by atoms with van der Waals surface area (Å²) in [5.74, 6) is -47.9. The van der Waals surface area contributed by atoms with Crippen molar-refractivity contribution >= 4 is 41.1 Å². The topological polar surface area (TPSA) is 29.5 Å². The summed E-state index contributed by atoms with van der Waals surface area (Å²) in [4.78, 5) is 12.2. The predicted molar refractivity (Wildman–Crippen MR) is 146 cm³/mol. The van der Waals surface area contributed by atoms with Crippen LogP contribution >= 0.6 is 7.72 Å². The molecule has 256 valence electrons. The molecule has 0 aliphatic heterocycles. The summed E-state index contributed by atoms with van der Waals surface area (Å²) in [5, 5.41) is -1.41. The van der Waals surface area contributed by atoms with Gasteiger partial charge in [0.05, 0.1) is 0 Å². The summed E-state index contributed by atoms with van der Waals surface area (Å²) in [5.41, 5.74) is -8.98. The van der Waals surface area contributed by atoms with Crippen LogP contribution in [-0.2, 0) is 4.44 Å². The standard InChI is InChI=1S/C30H11BF15O2P/c32-16-13(17(33)23(39)28(44)22(16)38)31(14-18(34)24(40)29(45)25(41)19(14)35,15-20(36)26(42)30(46)27(43)21(15)37)48-49(47,11-7-3-1-4-8-11)12-9-5-2-6-10-12/h1-10,47H. The fraction of sp³-hybridized carbons (Fsp3) is 0. The van der Waals surface area contributed by atoms with Crippen molar-refractivity contribution in [2.24, 2.45) is 0 Å². The molecule has 1 N–H and O–H groups in total. The van der Waals surface area contributed by atoms with E-state index in [4.69, 9.17) is 4.44 Å². The van der Waals surface area contributed by atoms with E-state index in [1.54, 1.807) is 0 Å². The number of hydrogen-bond acceptors (Lipinski definition) is 2. The van der Waals surface area contributed by atoms with Crippen LogP contribution in [-0.4, -0.2) is 11.2 Å². The Morgan fingerprint density at radius 1 is 0.347 bits per heavy atom. The van der Waals surface area contributed by atoms with E-state index in [1.807, 2.05) is 0 Å². The fourth-order valence-corrected chi connectivity index (χ4v) is 7.76. The number of benzene rings is 5. The molecule has 0 aliphatic carbocycles. The summed E-state index contributed by atoms with van der Waals surface area (Å²) < 4.78 is 233. The minimum Gasteiger partial charge on any atom is -0.396 e. The predicted octanol–water partition coefficient (Wildman–Crippen LogP) is 6.25. The number of halogens is 15. The van der Waals surface area contributed by atoms with Crippen molar-refractivity contribution in [3.05, 3.63) is 148 Å². The Hall–Kier alpha value is -4.54. The van der Waals surface area contributed by atoms with E-state index in [0.29, 0.717) is 0 Å². The zero-order valence-electron chi connectivity index (χ0n) is 23.3. The molecule has 0 saturated carbocycles. The van der Waals surface area contributed by atoms with Gasteiger partial charge in [0.15, 0.2) is 63.0 Å². The van der Waals surface area contributed by atoms with E-state index in [0.717, 1.165) is 48.5 Å². The van der Waals surface area contributed by atoms with Gasteiger partial charge >= 0.3 is 0 Å². The summed E-state index contributed by atoms with van der Waals surface area (Å²) in [6.45, 7) is 0. The van der Waals surface area contributed by atoms with Gasteiger partial charge in [0.25, 0.3) is 14.1 Å². The first kappa shape index (κ1) is 35.8. The molecule has 5 rings (SSSR count). The second-order valence-electron chi connectivity index (χ2n) is 10.1. The molecule has 0 aliphatic rings. The Morgan fingerprint density at radius 2 is 0.551 bits per heavy atom. The second-order valence-corrected chi connectivity index (χ2v) is 12.5. The molecule has 0 amide bonds. The quantitative estimate of drug-likeness (QED) is 0.0707. The number of rotatable bonds is 7. The van der Waals surface area contributed by atoms with E-state index in [1.165, 1.54) is 12.1 Å². The summed E-state index contributed by atoms with van der Waals surface area (Å²) >= 11 is 0. The van der Waals surface area contributed by atoms with Gasteiger partial charge in [-0.1, -0.05) is 52.8 Å². The van der Waals surface area contributed by atoms with Crippen LogP contribution in [0, 0.1) is 87.3 Å². The van der Waals surface area contributed by atoms with Gasteiger partial charge in [0, 0.05) is 0 Å². The van der Waals surface area contributed by atoms with Gasteiger partial charge in [-0.3, -0.25) is 0 Å². The minimum atomic E-state index is -6.47. The first-order valence-electron chi connectivity index (χ1n) is 13.1. The SMILES string of the molecule is O[P+](O[B-](c1c(F)c(F)c(F)c(F)c1F)(c1c(F)c(F)c(F)c(F)c1F)c1c(F)c(F)c(F)c(F)c1F)(c1ccccc1)c1ccccc1. The lowest BCUT2D eigenvalue weighted by atomic mass is 9.28. The molecule has 0 bridgehead atoms. The van der Waals surface area contributed by atoms with Crippen molar-refractivity contribution in [3.63, 3.8) is 0 Å². The van der Waals surface area contributed by atoms with Crippen LogP contribution in [0.1, 0.15) is 0 Å². The Kier molecular flexibility index (Phi) is 9.29. The van der Waals surface area contributed by atoms with Crippen LogP contribution < -0.4 is 27.0 Å². The highest BCUT2D eigenvalue weighted by molar-refractivity contribution is 7.81.